The van der Waals surface area contributed by atoms with E-state index in [0.717, 1.165) is 50.2 Å². The number of rotatable bonds is 6. The second-order valence-corrected chi connectivity index (χ2v) is 5.56. The number of aromatic nitrogens is 3. The van der Waals surface area contributed by atoms with Gasteiger partial charge in [-0.3, -0.25) is 0 Å². The topological polar surface area (TPSA) is 52.0 Å². The van der Waals surface area contributed by atoms with Crippen molar-refractivity contribution in [3.8, 4) is 5.75 Å². The third kappa shape index (κ3) is 3.27. The molecule has 1 atom stereocenters. The molecule has 22 heavy (non-hydrogen) atoms. The van der Waals surface area contributed by atoms with Crippen molar-refractivity contribution in [1.29, 1.82) is 0 Å². The van der Waals surface area contributed by atoms with Crippen LogP contribution in [0.4, 0.5) is 4.39 Å². The summed E-state index contributed by atoms with van der Waals surface area (Å²) in [5.74, 6) is 1.03. The normalized spacial score (nSPS) is 17.3. The lowest BCUT2D eigenvalue weighted by Crippen LogP contribution is -2.29. The van der Waals surface area contributed by atoms with E-state index in [0.29, 0.717) is 5.75 Å². The Morgan fingerprint density at radius 1 is 1.45 bits per heavy atom. The van der Waals surface area contributed by atoms with Crippen molar-refractivity contribution < 1.29 is 9.13 Å². The molecule has 0 saturated carbocycles. The number of nitrogens with one attached hydrogen (secondary N) is 1. The maximum Gasteiger partial charge on any atom is 0.165 e. The Hall–Kier alpha value is -1.95. The van der Waals surface area contributed by atoms with Crippen LogP contribution in [0.1, 0.15) is 36.7 Å². The van der Waals surface area contributed by atoms with Gasteiger partial charge in [-0.05, 0) is 49.9 Å². The van der Waals surface area contributed by atoms with E-state index >= 15 is 0 Å². The highest BCUT2D eigenvalue weighted by Crippen LogP contribution is 2.22. The van der Waals surface area contributed by atoms with Gasteiger partial charge in [-0.2, -0.15) is 5.10 Å². The highest BCUT2D eigenvalue weighted by atomic mass is 19.1. The van der Waals surface area contributed by atoms with Crippen LogP contribution in [0, 0.1) is 5.82 Å². The average Bonchev–Trinajstić information content (AvgIpc) is 3.01. The van der Waals surface area contributed by atoms with Crippen LogP contribution in [0.25, 0.3) is 0 Å². The molecule has 0 bridgehead atoms. The number of ether oxygens (including phenoxy) is 1. The zero-order valence-corrected chi connectivity index (χ0v) is 12.8. The fourth-order valence-corrected chi connectivity index (χ4v) is 2.92. The van der Waals surface area contributed by atoms with E-state index in [2.05, 4.69) is 15.4 Å². The van der Waals surface area contributed by atoms with Gasteiger partial charge in [-0.1, -0.05) is 6.07 Å². The van der Waals surface area contributed by atoms with Crippen molar-refractivity contribution in [1.82, 2.24) is 20.1 Å². The minimum atomic E-state index is -0.298. The van der Waals surface area contributed by atoms with Crippen LogP contribution in [-0.2, 0) is 13.0 Å². The van der Waals surface area contributed by atoms with Crippen molar-refractivity contribution in [2.24, 2.45) is 0 Å². The van der Waals surface area contributed by atoms with Crippen LogP contribution >= 0.6 is 0 Å². The predicted molar refractivity (Wildman–Crippen MR) is 81.3 cm³/mol. The highest BCUT2D eigenvalue weighted by Gasteiger charge is 2.21. The fraction of sp³-hybridized carbons (Fsp3) is 0.500. The summed E-state index contributed by atoms with van der Waals surface area (Å²) in [7, 11) is 1.48. The van der Waals surface area contributed by atoms with Gasteiger partial charge >= 0.3 is 0 Å². The minimum absolute atomic E-state index is 0.281. The van der Waals surface area contributed by atoms with E-state index in [1.165, 1.54) is 7.11 Å². The molecule has 0 spiro atoms. The quantitative estimate of drug-likeness (QED) is 0.833. The number of fused-ring (bicyclic) bond motifs is 1. The Balaban J connectivity index is 1.48. The molecule has 1 aromatic carbocycles. The molecule has 1 unspecified atom stereocenters. The number of halogens is 1. The summed E-state index contributed by atoms with van der Waals surface area (Å²) < 4.78 is 20.5. The van der Waals surface area contributed by atoms with Gasteiger partial charge in [0.2, 0.25) is 0 Å². The first-order chi connectivity index (χ1) is 10.8. The van der Waals surface area contributed by atoms with E-state index in [1.807, 2.05) is 10.7 Å². The van der Waals surface area contributed by atoms with E-state index in [4.69, 9.17) is 4.74 Å². The largest absolute Gasteiger partial charge is 0.494 e. The van der Waals surface area contributed by atoms with Gasteiger partial charge in [0.25, 0.3) is 0 Å². The van der Waals surface area contributed by atoms with Crippen molar-refractivity contribution in [3.05, 3.63) is 41.7 Å². The van der Waals surface area contributed by atoms with Crippen LogP contribution in [0.3, 0.4) is 0 Å². The molecule has 0 radical (unpaired) electrons. The molecule has 0 aliphatic carbocycles. The smallest absolute Gasteiger partial charge is 0.165 e. The molecule has 2 heterocycles. The third-order valence-electron chi connectivity index (χ3n) is 4.07. The maximum atomic E-state index is 13.6. The molecule has 5 nitrogen and oxygen atoms in total. The van der Waals surface area contributed by atoms with Gasteiger partial charge < -0.3 is 10.1 Å². The van der Waals surface area contributed by atoms with Gasteiger partial charge in [0.05, 0.1) is 13.2 Å². The molecule has 3 rings (SSSR count). The number of benzene rings is 1. The number of nitrogens with zero attached hydrogens (tertiary/aromatic N) is 3. The first-order valence-electron chi connectivity index (χ1n) is 7.71. The zero-order chi connectivity index (χ0) is 15.4. The number of methoxy groups -OCH3 is 1. The minimum Gasteiger partial charge on any atom is -0.494 e. The summed E-state index contributed by atoms with van der Waals surface area (Å²) in [6.07, 6.45) is 5.63. The highest BCUT2D eigenvalue weighted by molar-refractivity contribution is 5.29. The number of hydrogen-bond acceptors (Lipinski definition) is 4. The van der Waals surface area contributed by atoms with Gasteiger partial charge in [0.1, 0.15) is 12.2 Å². The number of aryl methyl sites for hydroxylation is 2. The van der Waals surface area contributed by atoms with Crippen molar-refractivity contribution in [3.63, 3.8) is 0 Å². The Bertz CT molecular complexity index is 628. The van der Waals surface area contributed by atoms with Crippen LogP contribution in [0.5, 0.6) is 5.75 Å². The second-order valence-electron chi connectivity index (χ2n) is 5.56. The van der Waals surface area contributed by atoms with Crippen molar-refractivity contribution >= 4 is 0 Å². The molecule has 1 aliphatic rings. The van der Waals surface area contributed by atoms with E-state index in [9.17, 15) is 4.39 Å². The van der Waals surface area contributed by atoms with Crippen LogP contribution in [0.15, 0.2) is 24.5 Å². The first kappa shape index (κ1) is 15.0. The van der Waals surface area contributed by atoms with Crippen LogP contribution in [-0.4, -0.2) is 28.4 Å². The Kier molecular flexibility index (Phi) is 4.68. The molecule has 1 aliphatic heterocycles. The molecule has 6 heteroatoms. The number of hydrogen-bond donors (Lipinski definition) is 1. The van der Waals surface area contributed by atoms with Gasteiger partial charge in [0.15, 0.2) is 11.6 Å². The Labute approximate surface area is 129 Å². The molecular formula is C16H21FN4O. The molecule has 1 N–H and O–H groups in total. The first-order valence-corrected chi connectivity index (χ1v) is 7.71. The molecule has 2 aromatic rings. The third-order valence-corrected chi connectivity index (χ3v) is 4.07. The van der Waals surface area contributed by atoms with Crippen LogP contribution < -0.4 is 10.1 Å². The fourth-order valence-electron chi connectivity index (χ4n) is 2.92. The predicted octanol–water partition coefficient (Wildman–Crippen LogP) is 2.48. The van der Waals surface area contributed by atoms with E-state index < -0.39 is 0 Å². The summed E-state index contributed by atoms with van der Waals surface area (Å²) in [6, 6.07) is 5.43. The summed E-state index contributed by atoms with van der Waals surface area (Å²) in [4.78, 5) is 4.33. The average molecular weight is 304 g/mol. The molecule has 0 fully saturated rings. The lowest BCUT2D eigenvalue weighted by atomic mass is 10.1. The van der Waals surface area contributed by atoms with Gasteiger partial charge in [-0.25, -0.2) is 14.1 Å². The Morgan fingerprint density at radius 2 is 2.36 bits per heavy atom. The van der Waals surface area contributed by atoms with Crippen molar-refractivity contribution in [2.45, 2.75) is 38.3 Å². The molecule has 1 aromatic heterocycles. The van der Waals surface area contributed by atoms with Crippen molar-refractivity contribution in [2.75, 3.05) is 13.7 Å². The zero-order valence-electron chi connectivity index (χ0n) is 12.8. The molecule has 118 valence electrons. The summed E-state index contributed by atoms with van der Waals surface area (Å²) in [6.45, 7) is 1.84. The lowest BCUT2D eigenvalue weighted by Gasteiger charge is -2.23. The summed E-state index contributed by atoms with van der Waals surface area (Å²) in [5.41, 5.74) is 0.993. The van der Waals surface area contributed by atoms with E-state index in [1.54, 1.807) is 18.5 Å². The van der Waals surface area contributed by atoms with E-state index in [-0.39, 0.29) is 11.9 Å². The summed E-state index contributed by atoms with van der Waals surface area (Å²) >= 11 is 0. The van der Waals surface area contributed by atoms with Gasteiger partial charge in [-0.15, -0.1) is 0 Å². The monoisotopic (exact) mass is 304 g/mol. The molecule has 0 amide bonds. The lowest BCUT2D eigenvalue weighted by molar-refractivity contribution is 0.366. The maximum absolute atomic E-state index is 13.6. The van der Waals surface area contributed by atoms with Gasteiger partial charge in [0, 0.05) is 6.54 Å². The molecular weight excluding hydrogens is 283 g/mol. The second kappa shape index (κ2) is 6.87. The Morgan fingerprint density at radius 3 is 3.18 bits per heavy atom. The SMILES string of the molecule is COc1ccc(CCCNC2CCCn3ncnc32)cc1F. The standard InChI is InChI=1S/C16H21FN4O/c1-22-15-7-6-12(10-13(15)17)4-2-8-18-14-5-3-9-21-16(14)19-11-20-21/h6-7,10-11,14,18H,2-5,8-9H2,1H3. The summed E-state index contributed by atoms with van der Waals surface area (Å²) in [5, 5.41) is 7.75. The molecule has 0 saturated heterocycles. The van der Waals surface area contributed by atoms with Crippen LogP contribution in [0.2, 0.25) is 0 Å².